The zero-order chi connectivity index (χ0) is 15.5. The Morgan fingerprint density at radius 1 is 1.14 bits per heavy atom. The molecule has 0 aliphatic rings. The van der Waals surface area contributed by atoms with E-state index < -0.39 is 15.8 Å². The first-order valence-corrected chi connectivity index (χ1v) is 7.77. The Morgan fingerprint density at radius 3 is 2.38 bits per heavy atom. The van der Waals surface area contributed by atoms with Gasteiger partial charge in [0.2, 0.25) is 0 Å². The van der Waals surface area contributed by atoms with Crippen LogP contribution >= 0.6 is 0 Å². The fourth-order valence-electron chi connectivity index (χ4n) is 1.92. The van der Waals surface area contributed by atoms with E-state index >= 15 is 0 Å². The van der Waals surface area contributed by atoms with Crippen LogP contribution in [-0.2, 0) is 15.6 Å². The molecular weight excluding hydrogens is 292 g/mol. The van der Waals surface area contributed by atoms with Gasteiger partial charge in [-0.05, 0) is 23.8 Å². The van der Waals surface area contributed by atoms with Crippen molar-refractivity contribution in [2.45, 2.75) is 10.6 Å². The molecule has 0 aromatic heterocycles. The summed E-state index contributed by atoms with van der Waals surface area (Å²) in [7, 11) is -2.36. The van der Waals surface area contributed by atoms with Crippen molar-refractivity contribution >= 4 is 15.8 Å². The van der Waals surface area contributed by atoms with Gasteiger partial charge in [0.25, 0.3) is 0 Å². The van der Waals surface area contributed by atoms with E-state index in [2.05, 4.69) is 0 Å². The molecular formula is C15H14O5S. The Bertz CT molecular complexity index is 751. The van der Waals surface area contributed by atoms with Crippen LogP contribution in [0.15, 0.2) is 53.4 Å². The number of rotatable bonds is 5. The normalized spacial score (nSPS) is 11.1. The topological polar surface area (TPSA) is 80.7 Å². The average Bonchev–Trinajstić information content (AvgIpc) is 2.47. The molecule has 0 aliphatic heterocycles. The number of methoxy groups -OCH3 is 1. The Morgan fingerprint density at radius 2 is 1.81 bits per heavy atom. The highest BCUT2D eigenvalue weighted by molar-refractivity contribution is 7.90. The van der Waals surface area contributed by atoms with Gasteiger partial charge in [-0.25, -0.2) is 13.2 Å². The summed E-state index contributed by atoms with van der Waals surface area (Å²) in [5, 5.41) is 8.99. The fourth-order valence-corrected chi connectivity index (χ4v) is 3.48. The molecule has 0 saturated carbocycles. The molecule has 0 bridgehead atoms. The first kappa shape index (κ1) is 15.1. The molecule has 0 atom stereocenters. The van der Waals surface area contributed by atoms with Gasteiger partial charge in [0.05, 0.1) is 18.4 Å². The molecule has 0 aliphatic carbocycles. The number of carbonyl (C=O) groups is 1. The van der Waals surface area contributed by atoms with Crippen molar-refractivity contribution < 1.29 is 23.1 Å². The highest BCUT2D eigenvalue weighted by Crippen LogP contribution is 2.28. The van der Waals surface area contributed by atoms with Gasteiger partial charge in [-0.15, -0.1) is 0 Å². The van der Waals surface area contributed by atoms with E-state index in [0.717, 1.165) is 6.07 Å². The lowest BCUT2D eigenvalue weighted by atomic mass is 10.2. The van der Waals surface area contributed by atoms with Crippen LogP contribution in [0.1, 0.15) is 15.9 Å². The summed E-state index contributed by atoms with van der Waals surface area (Å²) in [6.45, 7) is 0. The Labute approximate surface area is 122 Å². The first-order valence-electron chi connectivity index (χ1n) is 6.12. The van der Waals surface area contributed by atoms with Crippen molar-refractivity contribution in [3.05, 3.63) is 59.7 Å². The van der Waals surface area contributed by atoms with Gasteiger partial charge in [-0.2, -0.15) is 0 Å². The molecule has 0 fully saturated rings. The number of sulfone groups is 1. The monoisotopic (exact) mass is 306 g/mol. The minimum atomic E-state index is -3.70. The number of aromatic carboxylic acids is 1. The second-order valence-electron chi connectivity index (χ2n) is 4.42. The van der Waals surface area contributed by atoms with Crippen LogP contribution in [0.3, 0.4) is 0 Å². The lowest BCUT2D eigenvalue weighted by Gasteiger charge is -2.10. The van der Waals surface area contributed by atoms with Crippen molar-refractivity contribution in [2.24, 2.45) is 0 Å². The van der Waals surface area contributed by atoms with Gasteiger partial charge in [-0.1, -0.05) is 30.3 Å². The number of ether oxygens (including phenoxy) is 1. The smallest absolute Gasteiger partial charge is 0.335 e. The van der Waals surface area contributed by atoms with Gasteiger partial charge < -0.3 is 9.84 Å². The lowest BCUT2D eigenvalue weighted by Crippen LogP contribution is -2.09. The fraction of sp³-hybridized carbons (Fsp3) is 0.133. The number of hydrogen-bond acceptors (Lipinski definition) is 4. The zero-order valence-electron chi connectivity index (χ0n) is 11.3. The van der Waals surface area contributed by atoms with Crippen molar-refractivity contribution in [3.63, 3.8) is 0 Å². The highest BCUT2D eigenvalue weighted by atomic mass is 32.2. The molecule has 1 N–H and O–H groups in total. The number of benzene rings is 2. The summed E-state index contributed by atoms with van der Waals surface area (Å²) in [5.41, 5.74) is 0.530. The highest BCUT2D eigenvalue weighted by Gasteiger charge is 2.22. The summed E-state index contributed by atoms with van der Waals surface area (Å²) < 4.78 is 30.0. The SMILES string of the molecule is COc1ccc(C(=O)O)cc1S(=O)(=O)Cc1ccccc1. The third kappa shape index (κ3) is 3.41. The summed E-state index contributed by atoms with van der Waals surface area (Å²) in [6.07, 6.45) is 0. The number of carboxylic acids is 1. The van der Waals surface area contributed by atoms with Crippen LogP contribution in [0.2, 0.25) is 0 Å². The summed E-state index contributed by atoms with van der Waals surface area (Å²) in [4.78, 5) is 10.9. The molecule has 0 saturated heterocycles. The maximum absolute atomic E-state index is 12.5. The molecule has 5 nitrogen and oxygen atoms in total. The van der Waals surface area contributed by atoms with Crippen molar-refractivity contribution in [1.29, 1.82) is 0 Å². The number of carboxylic acid groups (broad SMARTS) is 1. The maximum atomic E-state index is 12.5. The Kier molecular flexibility index (Phi) is 4.28. The molecule has 6 heteroatoms. The van der Waals surface area contributed by atoms with E-state index in [0.29, 0.717) is 5.56 Å². The largest absolute Gasteiger partial charge is 0.495 e. The van der Waals surface area contributed by atoms with Crippen LogP contribution in [0.4, 0.5) is 0 Å². The minimum Gasteiger partial charge on any atom is -0.495 e. The van der Waals surface area contributed by atoms with Gasteiger partial charge >= 0.3 is 5.97 Å². The van der Waals surface area contributed by atoms with Crippen LogP contribution in [0, 0.1) is 0 Å². The van der Waals surface area contributed by atoms with Crippen molar-refractivity contribution in [2.75, 3.05) is 7.11 Å². The van der Waals surface area contributed by atoms with E-state index in [1.165, 1.54) is 19.2 Å². The molecule has 2 aromatic rings. The second-order valence-corrected chi connectivity index (χ2v) is 6.37. The molecule has 0 unspecified atom stereocenters. The molecule has 0 spiro atoms. The molecule has 21 heavy (non-hydrogen) atoms. The third-order valence-electron chi connectivity index (χ3n) is 2.95. The predicted octanol–water partition coefficient (Wildman–Crippen LogP) is 2.37. The Balaban J connectivity index is 2.48. The van der Waals surface area contributed by atoms with E-state index in [1.807, 2.05) is 0 Å². The number of hydrogen-bond donors (Lipinski definition) is 1. The van der Waals surface area contributed by atoms with Crippen LogP contribution in [0.25, 0.3) is 0 Å². The van der Waals surface area contributed by atoms with Crippen LogP contribution in [-0.4, -0.2) is 26.6 Å². The first-order chi connectivity index (χ1) is 9.94. The van der Waals surface area contributed by atoms with Gasteiger partial charge in [0.1, 0.15) is 10.6 Å². The van der Waals surface area contributed by atoms with E-state index in [4.69, 9.17) is 9.84 Å². The van der Waals surface area contributed by atoms with Crippen LogP contribution in [0.5, 0.6) is 5.75 Å². The molecule has 110 valence electrons. The predicted molar refractivity (Wildman–Crippen MR) is 77.3 cm³/mol. The van der Waals surface area contributed by atoms with Crippen molar-refractivity contribution in [3.8, 4) is 5.75 Å². The van der Waals surface area contributed by atoms with Gasteiger partial charge in [0, 0.05) is 0 Å². The van der Waals surface area contributed by atoms with E-state index in [-0.39, 0.29) is 22.0 Å². The van der Waals surface area contributed by atoms with E-state index in [1.54, 1.807) is 30.3 Å². The maximum Gasteiger partial charge on any atom is 0.335 e. The average molecular weight is 306 g/mol. The van der Waals surface area contributed by atoms with Gasteiger partial charge in [-0.3, -0.25) is 0 Å². The van der Waals surface area contributed by atoms with Crippen LogP contribution < -0.4 is 4.74 Å². The van der Waals surface area contributed by atoms with Gasteiger partial charge in [0.15, 0.2) is 9.84 Å². The molecule has 0 radical (unpaired) electrons. The molecule has 0 heterocycles. The second kappa shape index (κ2) is 5.97. The Hall–Kier alpha value is -2.34. The molecule has 2 rings (SSSR count). The summed E-state index contributed by atoms with van der Waals surface area (Å²) in [6, 6.07) is 12.5. The van der Waals surface area contributed by atoms with Crippen molar-refractivity contribution in [1.82, 2.24) is 0 Å². The summed E-state index contributed by atoms with van der Waals surface area (Å²) in [5.74, 6) is -1.27. The zero-order valence-corrected chi connectivity index (χ0v) is 12.1. The molecule has 0 amide bonds. The quantitative estimate of drug-likeness (QED) is 0.917. The summed E-state index contributed by atoms with van der Waals surface area (Å²) >= 11 is 0. The third-order valence-corrected chi connectivity index (χ3v) is 4.65. The van der Waals surface area contributed by atoms with E-state index in [9.17, 15) is 13.2 Å². The lowest BCUT2D eigenvalue weighted by molar-refractivity contribution is 0.0696. The minimum absolute atomic E-state index is 0.0950. The molecule has 2 aromatic carbocycles. The standard InChI is InChI=1S/C15H14O5S/c1-20-13-8-7-12(15(16)17)9-14(13)21(18,19)10-11-5-3-2-4-6-11/h2-9H,10H2,1H3,(H,16,17).